The van der Waals surface area contributed by atoms with E-state index in [9.17, 15) is 12.8 Å². The molecule has 0 spiro atoms. The van der Waals surface area contributed by atoms with Gasteiger partial charge in [0, 0.05) is 6.54 Å². The lowest BCUT2D eigenvalue weighted by atomic mass is 10.2. The van der Waals surface area contributed by atoms with Crippen molar-refractivity contribution in [3.63, 3.8) is 0 Å². The molecule has 1 N–H and O–H groups in total. The minimum atomic E-state index is -2.95. The number of halogens is 1. The Morgan fingerprint density at radius 1 is 1.50 bits per heavy atom. The average molecular weight is 244 g/mol. The Kier molecular flexibility index (Phi) is 3.09. The number of rotatable bonds is 3. The Hall–Kier alpha value is -1.17. The Labute approximate surface area is 93.8 Å². The predicted molar refractivity (Wildman–Crippen MR) is 59.5 cm³/mol. The summed E-state index contributed by atoms with van der Waals surface area (Å²) in [4.78, 5) is 3.61. The number of sulfone groups is 1. The average Bonchev–Trinajstić information content (AvgIpc) is 2.55. The minimum Gasteiger partial charge on any atom is -0.369 e. The molecule has 1 saturated heterocycles. The van der Waals surface area contributed by atoms with Crippen LogP contribution in [0.3, 0.4) is 0 Å². The number of hydrogen-bond donors (Lipinski definition) is 1. The van der Waals surface area contributed by atoms with E-state index in [1.165, 1.54) is 12.1 Å². The maximum atomic E-state index is 12.8. The fourth-order valence-electron chi connectivity index (χ4n) is 1.81. The summed E-state index contributed by atoms with van der Waals surface area (Å²) >= 11 is 0. The highest BCUT2D eigenvalue weighted by molar-refractivity contribution is 7.92. The molecule has 1 aromatic heterocycles. The fourth-order valence-corrected chi connectivity index (χ4v) is 3.58. The van der Waals surface area contributed by atoms with Gasteiger partial charge in [0.05, 0.1) is 11.0 Å². The lowest BCUT2D eigenvalue weighted by Gasteiger charge is -2.10. The van der Waals surface area contributed by atoms with E-state index in [4.69, 9.17) is 0 Å². The smallest absolute Gasteiger partial charge is 0.214 e. The van der Waals surface area contributed by atoms with Crippen molar-refractivity contribution in [2.75, 3.05) is 17.6 Å². The zero-order chi connectivity index (χ0) is 11.6. The second-order valence-electron chi connectivity index (χ2n) is 3.86. The van der Waals surface area contributed by atoms with Gasteiger partial charge in [-0.3, -0.25) is 0 Å². The number of nitrogens with one attached hydrogen (secondary N) is 1. The van der Waals surface area contributed by atoms with Gasteiger partial charge in [0.1, 0.15) is 5.82 Å². The largest absolute Gasteiger partial charge is 0.369 e. The standard InChI is InChI=1S/C10H13FN2O2S/c11-9-4-1-5-10(13-9)12-7-8-3-2-6-16(8,14)15/h1,4-5,8H,2-3,6-7H2,(H,12,13). The molecule has 0 amide bonds. The quantitative estimate of drug-likeness (QED) is 0.812. The zero-order valence-corrected chi connectivity index (χ0v) is 9.50. The Bertz CT molecular complexity index is 475. The van der Waals surface area contributed by atoms with Crippen molar-refractivity contribution >= 4 is 15.7 Å². The molecule has 0 aliphatic carbocycles. The highest BCUT2D eigenvalue weighted by Crippen LogP contribution is 2.20. The molecule has 2 rings (SSSR count). The minimum absolute atomic E-state index is 0.260. The molecule has 1 aliphatic heterocycles. The van der Waals surface area contributed by atoms with Gasteiger partial charge in [-0.1, -0.05) is 6.07 Å². The first-order valence-electron chi connectivity index (χ1n) is 5.16. The van der Waals surface area contributed by atoms with Crippen LogP contribution < -0.4 is 5.32 Å². The molecule has 1 atom stereocenters. The molecular weight excluding hydrogens is 231 g/mol. The van der Waals surface area contributed by atoms with E-state index < -0.39 is 15.8 Å². The summed E-state index contributed by atoms with van der Waals surface area (Å²) in [5, 5.41) is 2.49. The molecule has 16 heavy (non-hydrogen) atoms. The van der Waals surface area contributed by atoms with Crippen molar-refractivity contribution in [1.82, 2.24) is 4.98 Å². The lowest BCUT2D eigenvalue weighted by molar-refractivity contribution is 0.584. The second-order valence-corrected chi connectivity index (χ2v) is 6.26. The molecule has 0 bridgehead atoms. The maximum absolute atomic E-state index is 12.8. The summed E-state index contributed by atoms with van der Waals surface area (Å²) in [6.45, 7) is 0.304. The molecule has 88 valence electrons. The van der Waals surface area contributed by atoms with Crippen LogP contribution in [0.25, 0.3) is 0 Å². The highest BCUT2D eigenvalue weighted by atomic mass is 32.2. The van der Waals surface area contributed by atoms with Crippen molar-refractivity contribution in [3.05, 3.63) is 24.1 Å². The van der Waals surface area contributed by atoms with Crippen LogP contribution in [-0.2, 0) is 9.84 Å². The van der Waals surface area contributed by atoms with Gasteiger partial charge >= 0.3 is 0 Å². The SMILES string of the molecule is O=S1(=O)CCCC1CNc1cccc(F)n1. The number of hydrogen-bond acceptors (Lipinski definition) is 4. The van der Waals surface area contributed by atoms with Crippen LogP contribution in [-0.4, -0.2) is 30.9 Å². The van der Waals surface area contributed by atoms with E-state index in [1.807, 2.05) is 0 Å². The first kappa shape index (κ1) is 11.3. The maximum Gasteiger partial charge on any atom is 0.214 e. The van der Waals surface area contributed by atoms with Crippen molar-refractivity contribution in [3.8, 4) is 0 Å². The van der Waals surface area contributed by atoms with E-state index in [0.717, 1.165) is 0 Å². The van der Waals surface area contributed by atoms with Crippen LogP contribution >= 0.6 is 0 Å². The topological polar surface area (TPSA) is 59.1 Å². The molecule has 2 heterocycles. The summed E-state index contributed by atoms with van der Waals surface area (Å²) in [6, 6.07) is 4.40. The van der Waals surface area contributed by atoms with Crippen LogP contribution in [0.1, 0.15) is 12.8 Å². The molecule has 0 radical (unpaired) electrons. The molecule has 1 unspecified atom stereocenters. The molecule has 1 aromatic rings. The predicted octanol–water partition coefficient (Wildman–Crippen LogP) is 1.21. The van der Waals surface area contributed by atoms with E-state index in [2.05, 4.69) is 10.3 Å². The number of anilines is 1. The van der Waals surface area contributed by atoms with E-state index >= 15 is 0 Å². The summed E-state index contributed by atoms with van der Waals surface area (Å²) in [5.41, 5.74) is 0. The second kappa shape index (κ2) is 4.37. The first-order chi connectivity index (χ1) is 7.58. The highest BCUT2D eigenvalue weighted by Gasteiger charge is 2.30. The third-order valence-corrected chi connectivity index (χ3v) is 4.96. The van der Waals surface area contributed by atoms with Crippen LogP contribution in [0.4, 0.5) is 10.2 Å². The Morgan fingerprint density at radius 2 is 2.31 bits per heavy atom. The Balaban J connectivity index is 1.98. The summed E-state index contributed by atoms with van der Waals surface area (Å²) in [5.74, 6) is 0.0667. The van der Waals surface area contributed by atoms with Gasteiger partial charge in [-0.2, -0.15) is 4.39 Å². The summed E-state index contributed by atoms with van der Waals surface area (Å²) < 4.78 is 35.8. The van der Waals surface area contributed by atoms with Gasteiger partial charge in [0.2, 0.25) is 5.95 Å². The van der Waals surface area contributed by atoms with Crippen molar-refractivity contribution in [2.24, 2.45) is 0 Å². The molecule has 1 aliphatic rings. The van der Waals surface area contributed by atoms with Crippen molar-refractivity contribution in [2.45, 2.75) is 18.1 Å². The lowest BCUT2D eigenvalue weighted by Crippen LogP contribution is -2.25. The molecule has 0 saturated carbocycles. The molecule has 4 nitrogen and oxygen atoms in total. The third-order valence-electron chi connectivity index (χ3n) is 2.69. The first-order valence-corrected chi connectivity index (χ1v) is 6.87. The van der Waals surface area contributed by atoms with Crippen LogP contribution in [0, 0.1) is 5.95 Å². The third kappa shape index (κ3) is 2.49. The summed E-state index contributed by atoms with van der Waals surface area (Å²) in [7, 11) is -2.95. The Morgan fingerprint density at radius 3 is 2.94 bits per heavy atom. The van der Waals surface area contributed by atoms with Crippen molar-refractivity contribution < 1.29 is 12.8 Å². The molecule has 0 aromatic carbocycles. The van der Waals surface area contributed by atoms with E-state index in [-0.39, 0.29) is 11.0 Å². The van der Waals surface area contributed by atoms with Gasteiger partial charge < -0.3 is 5.32 Å². The van der Waals surface area contributed by atoms with Crippen LogP contribution in [0.2, 0.25) is 0 Å². The van der Waals surface area contributed by atoms with Crippen LogP contribution in [0.15, 0.2) is 18.2 Å². The zero-order valence-electron chi connectivity index (χ0n) is 8.69. The number of aromatic nitrogens is 1. The van der Waals surface area contributed by atoms with Gasteiger partial charge in [-0.05, 0) is 25.0 Å². The molecular formula is C10H13FN2O2S. The molecule has 6 heteroatoms. The van der Waals surface area contributed by atoms with E-state index in [1.54, 1.807) is 6.07 Å². The van der Waals surface area contributed by atoms with Crippen LogP contribution in [0.5, 0.6) is 0 Å². The monoisotopic (exact) mass is 244 g/mol. The molecule has 1 fully saturated rings. The van der Waals surface area contributed by atoms with Gasteiger partial charge in [0.15, 0.2) is 9.84 Å². The number of pyridine rings is 1. The van der Waals surface area contributed by atoms with Gasteiger partial charge in [-0.25, -0.2) is 13.4 Å². The summed E-state index contributed by atoms with van der Waals surface area (Å²) in [6.07, 6.45) is 1.38. The van der Waals surface area contributed by atoms with Gasteiger partial charge in [0.25, 0.3) is 0 Å². The number of nitrogens with zero attached hydrogens (tertiary/aromatic N) is 1. The fraction of sp³-hybridized carbons (Fsp3) is 0.500. The van der Waals surface area contributed by atoms with Gasteiger partial charge in [-0.15, -0.1) is 0 Å². The normalized spacial score (nSPS) is 23.2. The van der Waals surface area contributed by atoms with E-state index in [0.29, 0.717) is 25.2 Å². The van der Waals surface area contributed by atoms with Crippen molar-refractivity contribution in [1.29, 1.82) is 0 Å².